The van der Waals surface area contributed by atoms with E-state index in [4.69, 9.17) is 5.73 Å². The first kappa shape index (κ1) is 15.9. The second-order valence-electron chi connectivity index (χ2n) is 5.10. The molecule has 0 heterocycles. The second kappa shape index (κ2) is 5.84. The Morgan fingerprint density at radius 2 is 1.74 bits per heavy atom. The first-order valence-electron chi connectivity index (χ1n) is 6.20. The van der Waals surface area contributed by atoms with Crippen LogP contribution in [0, 0.1) is 12.8 Å². The van der Waals surface area contributed by atoms with Crippen LogP contribution >= 0.6 is 0 Å². The third-order valence-corrected chi connectivity index (χ3v) is 5.21. The van der Waals surface area contributed by atoms with Crippen LogP contribution in [-0.2, 0) is 15.6 Å². The maximum absolute atomic E-state index is 12.5. The van der Waals surface area contributed by atoms with Crippen LogP contribution in [0.3, 0.4) is 0 Å². The van der Waals surface area contributed by atoms with Gasteiger partial charge in [-0.2, -0.15) is 0 Å². The summed E-state index contributed by atoms with van der Waals surface area (Å²) in [6.07, 6.45) is 0. The van der Waals surface area contributed by atoms with E-state index in [-0.39, 0.29) is 0 Å². The fraction of sp³-hybridized carbons (Fsp3) is 0.500. The molecule has 1 aromatic carbocycles. The van der Waals surface area contributed by atoms with E-state index >= 15 is 0 Å². The minimum absolute atomic E-state index is 0.408. The number of hydrogen-bond acceptors (Lipinski definition) is 3. The van der Waals surface area contributed by atoms with Crippen molar-refractivity contribution < 1.29 is 14.1 Å². The third-order valence-electron chi connectivity index (χ3n) is 3.47. The SMILES string of the molecule is Cc1ccc(S(=O)C(C)[C@@](O)(C(N)=O)C(C)C)cc1. The zero-order valence-electron chi connectivity index (χ0n) is 11.7. The van der Waals surface area contributed by atoms with Gasteiger partial charge in [0.15, 0.2) is 5.60 Å². The van der Waals surface area contributed by atoms with Crippen LogP contribution in [0.5, 0.6) is 0 Å². The highest BCUT2D eigenvalue weighted by Crippen LogP contribution is 2.27. The van der Waals surface area contributed by atoms with Crippen molar-refractivity contribution >= 4 is 16.7 Å². The van der Waals surface area contributed by atoms with Gasteiger partial charge in [0.1, 0.15) is 0 Å². The minimum Gasteiger partial charge on any atom is -0.378 e. The number of amides is 1. The van der Waals surface area contributed by atoms with Crippen molar-refractivity contribution in [1.82, 2.24) is 0 Å². The van der Waals surface area contributed by atoms with E-state index in [0.717, 1.165) is 5.56 Å². The molecular formula is C14H21NO3S. The van der Waals surface area contributed by atoms with Crippen molar-refractivity contribution in [2.75, 3.05) is 0 Å². The molecule has 1 aromatic rings. The standard InChI is InChI=1S/C14H21NO3S/c1-9(2)14(17,13(15)16)11(4)19(18)12-7-5-10(3)6-8-12/h5-9,11,17H,1-4H3,(H2,15,16)/t11?,14-,19?/m1/s1. The largest absolute Gasteiger partial charge is 0.378 e. The van der Waals surface area contributed by atoms with Gasteiger partial charge < -0.3 is 10.8 Å². The summed E-state index contributed by atoms with van der Waals surface area (Å²) in [5.41, 5.74) is 4.57. The van der Waals surface area contributed by atoms with E-state index in [2.05, 4.69) is 0 Å². The number of carbonyl (C=O) groups excluding carboxylic acids is 1. The molecule has 0 bridgehead atoms. The molecule has 0 aromatic heterocycles. The van der Waals surface area contributed by atoms with Crippen LogP contribution in [0.25, 0.3) is 0 Å². The van der Waals surface area contributed by atoms with Crippen LogP contribution in [0.4, 0.5) is 0 Å². The lowest BCUT2D eigenvalue weighted by Crippen LogP contribution is -2.57. The van der Waals surface area contributed by atoms with Crippen LogP contribution < -0.4 is 5.73 Å². The summed E-state index contributed by atoms with van der Waals surface area (Å²) in [6.45, 7) is 6.89. The predicted octanol–water partition coefficient (Wildman–Crippen LogP) is 1.36. The summed E-state index contributed by atoms with van der Waals surface area (Å²) in [5, 5.41) is 9.68. The number of aryl methyl sites for hydroxylation is 1. The number of rotatable bonds is 5. The summed E-state index contributed by atoms with van der Waals surface area (Å²) in [6, 6.07) is 7.17. The molecular weight excluding hydrogens is 262 g/mol. The average Bonchev–Trinajstić information content (AvgIpc) is 2.36. The molecule has 2 unspecified atom stereocenters. The fourth-order valence-electron chi connectivity index (χ4n) is 1.99. The molecule has 1 amide bonds. The molecule has 3 N–H and O–H groups in total. The molecule has 0 radical (unpaired) electrons. The minimum atomic E-state index is -1.78. The first-order chi connectivity index (χ1) is 8.71. The molecule has 0 fully saturated rings. The fourth-order valence-corrected chi connectivity index (χ4v) is 3.52. The molecule has 3 atom stereocenters. The van der Waals surface area contributed by atoms with Gasteiger partial charge in [0.2, 0.25) is 0 Å². The number of carbonyl (C=O) groups is 1. The van der Waals surface area contributed by atoms with E-state index < -0.39 is 33.5 Å². The van der Waals surface area contributed by atoms with Crippen molar-refractivity contribution in [2.24, 2.45) is 11.7 Å². The van der Waals surface area contributed by atoms with Crippen molar-refractivity contribution in [1.29, 1.82) is 0 Å². The van der Waals surface area contributed by atoms with Gasteiger partial charge in [0.25, 0.3) is 5.91 Å². The number of hydrogen-bond donors (Lipinski definition) is 2. The van der Waals surface area contributed by atoms with Gasteiger partial charge in [-0.1, -0.05) is 31.5 Å². The summed E-state index contributed by atoms with van der Waals surface area (Å²) >= 11 is 0. The lowest BCUT2D eigenvalue weighted by atomic mass is 9.87. The molecule has 0 saturated heterocycles. The van der Waals surface area contributed by atoms with Crippen molar-refractivity contribution in [3.8, 4) is 0 Å². The van der Waals surface area contributed by atoms with Crippen LogP contribution in [0.15, 0.2) is 29.2 Å². The third kappa shape index (κ3) is 3.04. The number of benzene rings is 1. The lowest BCUT2D eigenvalue weighted by Gasteiger charge is -2.34. The predicted molar refractivity (Wildman–Crippen MR) is 76.0 cm³/mol. The average molecular weight is 283 g/mol. The Hall–Kier alpha value is -1.20. The molecule has 1 rings (SSSR count). The Kier molecular flexibility index (Phi) is 4.87. The summed E-state index contributed by atoms with van der Waals surface area (Å²) < 4.78 is 12.5. The van der Waals surface area contributed by atoms with Crippen LogP contribution in [-0.4, -0.2) is 26.1 Å². The van der Waals surface area contributed by atoms with E-state index in [1.807, 2.05) is 19.1 Å². The van der Waals surface area contributed by atoms with Crippen molar-refractivity contribution in [2.45, 2.75) is 43.4 Å². The molecule has 106 valence electrons. The molecule has 0 aliphatic heterocycles. The Balaban J connectivity index is 3.11. The zero-order valence-corrected chi connectivity index (χ0v) is 12.5. The quantitative estimate of drug-likeness (QED) is 0.856. The topological polar surface area (TPSA) is 80.4 Å². The summed E-state index contributed by atoms with van der Waals surface area (Å²) in [5.74, 6) is -1.25. The Morgan fingerprint density at radius 1 is 1.26 bits per heavy atom. The zero-order chi connectivity index (χ0) is 14.8. The smallest absolute Gasteiger partial charge is 0.250 e. The molecule has 19 heavy (non-hydrogen) atoms. The molecule has 0 aliphatic carbocycles. The van der Waals surface area contributed by atoms with Gasteiger partial charge >= 0.3 is 0 Å². The molecule has 0 spiro atoms. The highest BCUT2D eigenvalue weighted by Gasteiger charge is 2.46. The normalized spacial score (nSPS) is 17.8. The van der Waals surface area contributed by atoms with Crippen LogP contribution in [0.2, 0.25) is 0 Å². The number of nitrogens with two attached hydrogens (primary N) is 1. The maximum Gasteiger partial charge on any atom is 0.250 e. The van der Waals surface area contributed by atoms with E-state index in [1.165, 1.54) is 0 Å². The summed E-state index contributed by atoms with van der Waals surface area (Å²) in [7, 11) is -1.50. The van der Waals surface area contributed by atoms with E-state index in [1.54, 1.807) is 32.9 Å². The van der Waals surface area contributed by atoms with E-state index in [0.29, 0.717) is 4.90 Å². The highest BCUT2D eigenvalue weighted by atomic mass is 32.2. The van der Waals surface area contributed by atoms with Crippen molar-refractivity contribution in [3.05, 3.63) is 29.8 Å². The van der Waals surface area contributed by atoms with E-state index in [9.17, 15) is 14.1 Å². The van der Waals surface area contributed by atoms with Gasteiger partial charge in [-0.05, 0) is 31.9 Å². The van der Waals surface area contributed by atoms with Gasteiger partial charge in [0.05, 0.1) is 16.0 Å². The molecule has 4 nitrogen and oxygen atoms in total. The first-order valence-corrected chi connectivity index (χ1v) is 7.42. The van der Waals surface area contributed by atoms with Gasteiger partial charge in [-0.25, -0.2) is 0 Å². The Morgan fingerprint density at radius 3 is 2.11 bits per heavy atom. The number of primary amides is 1. The van der Waals surface area contributed by atoms with Gasteiger partial charge in [0, 0.05) is 4.90 Å². The van der Waals surface area contributed by atoms with Gasteiger partial charge in [-0.3, -0.25) is 9.00 Å². The van der Waals surface area contributed by atoms with Crippen molar-refractivity contribution in [3.63, 3.8) is 0 Å². The van der Waals surface area contributed by atoms with Crippen LogP contribution in [0.1, 0.15) is 26.3 Å². The molecule has 5 heteroatoms. The highest BCUT2D eigenvalue weighted by molar-refractivity contribution is 7.85. The van der Waals surface area contributed by atoms with Gasteiger partial charge in [-0.15, -0.1) is 0 Å². The second-order valence-corrected chi connectivity index (χ2v) is 6.87. The Labute approximate surface area is 116 Å². The maximum atomic E-state index is 12.5. The molecule has 0 aliphatic rings. The lowest BCUT2D eigenvalue weighted by molar-refractivity contribution is -0.140. The monoisotopic (exact) mass is 283 g/mol. The summed E-state index contributed by atoms with van der Waals surface area (Å²) in [4.78, 5) is 12.1. The number of aliphatic hydroxyl groups is 1. The Bertz CT molecular complexity index is 484. The molecule has 0 saturated carbocycles.